The summed E-state index contributed by atoms with van der Waals surface area (Å²) < 4.78 is 25.8. The number of rotatable bonds is 4. The second-order valence-electron chi connectivity index (χ2n) is 3.56. The van der Waals surface area contributed by atoms with Gasteiger partial charge < -0.3 is 10.8 Å². The van der Waals surface area contributed by atoms with Gasteiger partial charge in [-0.2, -0.15) is 0 Å². The molecule has 0 radical (unpaired) electrons. The maximum absolute atomic E-state index is 13.4. The summed E-state index contributed by atoms with van der Waals surface area (Å²) >= 11 is 0. The third kappa shape index (κ3) is 2.36. The summed E-state index contributed by atoms with van der Waals surface area (Å²) in [5, 5.41) is 8.86. The second kappa shape index (κ2) is 5.03. The number of benzene rings is 1. The van der Waals surface area contributed by atoms with Crippen LogP contribution < -0.4 is 5.73 Å². The van der Waals surface area contributed by atoms with Crippen molar-refractivity contribution in [2.75, 3.05) is 6.54 Å². The number of carboxylic acid groups (broad SMARTS) is 1. The fourth-order valence-electron chi connectivity index (χ4n) is 1.55. The van der Waals surface area contributed by atoms with Crippen molar-refractivity contribution in [1.29, 1.82) is 0 Å². The van der Waals surface area contributed by atoms with E-state index < -0.39 is 24.4 Å². The van der Waals surface area contributed by atoms with E-state index in [9.17, 15) is 13.6 Å². The molecule has 3 nitrogen and oxygen atoms in total. The molecule has 3 N–H and O–H groups in total. The van der Waals surface area contributed by atoms with E-state index in [-0.39, 0.29) is 17.7 Å². The molecule has 0 bridgehead atoms. The highest BCUT2D eigenvalue weighted by Crippen LogP contribution is 2.22. The van der Waals surface area contributed by atoms with Crippen molar-refractivity contribution in [1.82, 2.24) is 0 Å². The van der Waals surface area contributed by atoms with E-state index in [1.807, 2.05) is 0 Å². The van der Waals surface area contributed by atoms with Crippen LogP contribution in [-0.4, -0.2) is 17.6 Å². The van der Waals surface area contributed by atoms with Gasteiger partial charge in [0.05, 0.1) is 5.92 Å². The summed E-state index contributed by atoms with van der Waals surface area (Å²) in [6.07, 6.45) is 0. The average molecular weight is 229 g/mol. The van der Waals surface area contributed by atoms with Crippen LogP contribution in [0.2, 0.25) is 0 Å². The van der Waals surface area contributed by atoms with E-state index in [4.69, 9.17) is 10.8 Å². The minimum absolute atomic E-state index is 0.0371. The van der Waals surface area contributed by atoms with E-state index >= 15 is 0 Å². The molecule has 5 heteroatoms. The molecule has 0 saturated carbocycles. The summed E-state index contributed by atoms with van der Waals surface area (Å²) in [5.41, 5.74) is 5.93. The molecule has 1 atom stereocenters. The first-order valence-corrected chi connectivity index (χ1v) is 4.79. The highest BCUT2D eigenvalue weighted by Gasteiger charge is 2.20. The Labute approximate surface area is 91.9 Å². The Balaban J connectivity index is 3.21. The van der Waals surface area contributed by atoms with E-state index in [2.05, 4.69) is 0 Å². The van der Waals surface area contributed by atoms with Gasteiger partial charge >= 0.3 is 5.97 Å². The normalized spacial score (nSPS) is 12.5. The van der Waals surface area contributed by atoms with Crippen LogP contribution in [0.1, 0.15) is 22.6 Å². The molecule has 88 valence electrons. The smallest absolute Gasteiger partial charge is 0.312 e. The SMILES string of the molecule is Cc1cc(C(CN)C(=O)O)cc(F)c1CF. The van der Waals surface area contributed by atoms with Crippen LogP contribution in [0.5, 0.6) is 0 Å². The Morgan fingerprint density at radius 3 is 2.56 bits per heavy atom. The van der Waals surface area contributed by atoms with Gasteiger partial charge in [0.1, 0.15) is 12.5 Å². The first-order valence-electron chi connectivity index (χ1n) is 4.79. The molecule has 0 aliphatic rings. The molecule has 0 fully saturated rings. The van der Waals surface area contributed by atoms with Gasteiger partial charge in [0.2, 0.25) is 0 Å². The minimum atomic E-state index is -1.12. The number of hydrogen-bond acceptors (Lipinski definition) is 2. The summed E-state index contributed by atoms with van der Waals surface area (Å²) in [7, 11) is 0. The summed E-state index contributed by atoms with van der Waals surface area (Å²) in [5.74, 6) is -2.80. The van der Waals surface area contributed by atoms with Crippen molar-refractivity contribution in [3.05, 3.63) is 34.6 Å². The molecule has 1 aromatic rings. The summed E-state index contributed by atoms with van der Waals surface area (Å²) in [6.45, 7) is 0.512. The Kier molecular flexibility index (Phi) is 3.95. The van der Waals surface area contributed by atoms with E-state index in [0.29, 0.717) is 5.56 Å². The minimum Gasteiger partial charge on any atom is -0.481 e. The van der Waals surface area contributed by atoms with Crippen molar-refractivity contribution < 1.29 is 18.7 Å². The maximum atomic E-state index is 13.4. The Morgan fingerprint density at radius 1 is 1.56 bits per heavy atom. The van der Waals surface area contributed by atoms with Gasteiger partial charge in [0.25, 0.3) is 0 Å². The van der Waals surface area contributed by atoms with Crippen LogP contribution in [0.25, 0.3) is 0 Å². The monoisotopic (exact) mass is 229 g/mol. The van der Waals surface area contributed by atoms with Crippen LogP contribution in [0.3, 0.4) is 0 Å². The van der Waals surface area contributed by atoms with Crippen LogP contribution in [-0.2, 0) is 11.5 Å². The summed E-state index contributed by atoms with van der Waals surface area (Å²) in [4.78, 5) is 10.8. The van der Waals surface area contributed by atoms with Crippen LogP contribution in [0, 0.1) is 12.7 Å². The van der Waals surface area contributed by atoms with Gasteiger partial charge in [0, 0.05) is 12.1 Å². The highest BCUT2D eigenvalue weighted by molar-refractivity contribution is 5.76. The van der Waals surface area contributed by atoms with E-state index in [1.165, 1.54) is 13.0 Å². The highest BCUT2D eigenvalue weighted by atomic mass is 19.1. The lowest BCUT2D eigenvalue weighted by molar-refractivity contribution is -0.138. The fraction of sp³-hybridized carbons (Fsp3) is 0.364. The third-order valence-electron chi connectivity index (χ3n) is 2.51. The molecule has 0 amide bonds. The number of carboxylic acids is 1. The van der Waals surface area contributed by atoms with Crippen molar-refractivity contribution in [3.8, 4) is 0 Å². The number of nitrogens with two attached hydrogens (primary N) is 1. The van der Waals surface area contributed by atoms with Gasteiger partial charge in [-0.15, -0.1) is 0 Å². The second-order valence-corrected chi connectivity index (χ2v) is 3.56. The van der Waals surface area contributed by atoms with Crippen molar-refractivity contribution >= 4 is 5.97 Å². The average Bonchev–Trinajstić information content (AvgIpc) is 2.17. The van der Waals surface area contributed by atoms with Gasteiger partial charge in [-0.05, 0) is 24.1 Å². The predicted octanol–water partition coefficient (Wildman–Crippen LogP) is 1.73. The molecule has 0 spiro atoms. The van der Waals surface area contributed by atoms with E-state index in [0.717, 1.165) is 6.07 Å². The standard InChI is InChI=1S/C11H13F2NO2/c1-6-2-7(9(5-14)11(15)16)3-10(13)8(6)4-12/h2-3,9H,4-5,14H2,1H3,(H,15,16). The molecule has 0 saturated heterocycles. The van der Waals surface area contributed by atoms with Crippen LogP contribution in [0.15, 0.2) is 12.1 Å². The first kappa shape index (κ1) is 12.6. The van der Waals surface area contributed by atoms with Crippen molar-refractivity contribution in [3.63, 3.8) is 0 Å². The summed E-state index contributed by atoms with van der Waals surface area (Å²) in [6, 6.07) is 2.50. The molecule has 0 heterocycles. The number of aryl methyl sites for hydroxylation is 1. The molecular formula is C11H13F2NO2. The lowest BCUT2D eigenvalue weighted by atomic mass is 9.95. The molecule has 0 aliphatic heterocycles. The fourth-order valence-corrected chi connectivity index (χ4v) is 1.55. The molecule has 1 unspecified atom stereocenters. The zero-order valence-corrected chi connectivity index (χ0v) is 8.84. The lowest BCUT2D eigenvalue weighted by Gasteiger charge is -2.13. The molecule has 0 aromatic heterocycles. The largest absolute Gasteiger partial charge is 0.481 e. The molecule has 16 heavy (non-hydrogen) atoms. The van der Waals surface area contributed by atoms with Crippen molar-refractivity contribution in [2.24, 2.45) is 5.73 Å². The van der Waals surface area contributed by atoms with Gasteiger partial charge in [-0.1, -0.05) is 6.07 Å². The van der Waals surface area contributed by atoms with Gasteiger partial charge in [0.15, 0.2) is 0 Å². The maximum Gasteiger partial charge on any atom is 0.312 e. The lowest BCUT2D eigenvalue weighted by Crippen LogP contribution is -2.21. The van der Waals surface area contributed by atoms with Gasteiger partial charge in [-0.3, -0.25) is 4.79 Å². The number of aliphatic carboxylic acids is 1. The number of alkyl halides is 1. The Hall–Kier alpha value is -1.49. The number of hydrogen-bond donors (Lipinski definition) is 2. The topological polar surface area (TPSA) is 63.3 Å². The Morgan fingerprint density at radius 2 is 2.19 bits per heavy atom. The zero-order valence-electron chi connectivity index (χ0n) is 8.84. The first-order chi connectivity index (χ1) is 7.51. The number of carbonyl (C=O) groups is 1. The third-order valence-corrected chi connectivity index (χ3v) is 2.51. The van der Waals surface area contributed by atoms with Crippen LogP contribution in [0.4, 0.5) is 8.78 Å². The molecule has 1 rings (SSSR count). The molecule has 1 aromatic carbocycles. The molecule has 0 aliphatic carbocycles. The predicted molar refractivity (Wildman–Crippen MR) is 55.4 cm³/mol. The Bertz CT molecular complexity index is 384. The zero-order chi connectivity index (χ0) is 12.3. The molecular weight excluding hydrogens is 216 g/mol. The number of halogens is 2. The van der Waals surface area contributed by atoms with Gasteiger partial charge in [-0.25, -0.2) is 8.78 Å². The van der Waals surface area contributed by atoms with E-state index in [1.54, 1.807) is 0 Å². The quantitative estimate of drug-likeness (QED) is 0.826. The van der Waals surface area contributed by atoms with Crippen molar-refractivity contribution in [2.45, 2.75) is 19.5 Å². The van der Waals surface area contributed by atoms with Crippen LogP contribution >= 0.6 is 0 Å².